The summed E-state index contributed by atoms with van der Waals surface area (Å²) in [4.78, 5) is 14.8. The Balaban J connectivity index is 0.00000225. The van der Waals surface area contributed by atoms with Gasteiger partial charge in [0.25, 0.3) is 0 Å². The topological polar surface area (TPSA) is 53.5 Å². The quantitative estimate of drug-likeness (QED) is 0.791. The number of anilines is 1. The maximum absolute atomic E-state index is 5.36. The van der Waals surface area contributed by atoms with Gasteiger partial charge in [-0.25, -0.2) is 9.97 Å². The molecule has 2 aromatic rings. The first kappa shape index (κ1) is 20.1. The highest BCUT2D eigenvalue weighted by atomic mass is 35.5. The van der Waals surface area contributed by atoms with Crippen molar-refractivity contribution in [2.45, 2.75) is 12.6 Å². The van der Waals surface area contributed by atoms with Crippen LogP contribution in [0, 0.1) is 0 Å². The zero-order valence-corrected chi connectivity index (χ0v) is 16.4. The number of hydrogen-bond donors (Lipinski definition) is 1. The predicted molar refractivity (Wildman–Crippen MR) is 105 cm³/mol. The molecule has 1 aliphatic rings. The number of aromatic nitrogens is 2. The number of rotatable bonds is 7. The van der Waals surface area contributed by atoms with E-state index in [0.29, 0.717) is 6.04 Å². The summed E-state index contributed by atoms with van der Waals surface area (Å²) in [5, 5.41) is 5.65. The summed E-state index contributed by atoms with van der Waals surface area (Å²) >= 11 is 1.80. The van der Waals surface area contributed by atoms with Gasteiger partial charge in [-0.15, -0.1) is 23.7 Å². The van der Waals surface area contributed by atoms with E-state index in [1.807, 2.05) is 12.4 Å². The Hall–Kier alpha value is -1.25. The van der Waals surface area contributed by atoms with E-state index in [1.54, 1.807) is 11.3 Å². The van der Waals surface area contributed by atoms with Gasteiger partial charge in [0.15, 0.2) is 0 Å². The number of nitrogens with one attached hydrogen (secondary N) is 1. The van der Waals surface area contributed by atoms with E-state index < -0.39 is 0 Å². The fraction of sp³-hybridized carbons (Fsp3) is 0.529. The minimum atomic E-state index is 0. The van der Waals surface area contributed by atoms with Gasteiger partial charge in [-0.05, 0) is 25.5 Å². The van der Waals surface area contributed by atoms with Gasteiger partial charge >= 0.3 is 0 Å². The van der Waals surface area contributed by atoms with Gasteiger partial charge in [0.1, 0.15) is 0 Å². The zero-order valence-electron chi connectivity index (χ0n) is 14.7. The highest BCUT2D eigenvalue weighted by Crippen LogP contribution is 2.22. The molecule has 0 aromatic carbocycles. The third-order valence-electron chi connectivity index (χ3n) is 4.15. The van der Waals surface area contributed by atoms with E-state index >= 15 is 0 Å². The van der Waals surface area contributed by atoms with Crippen LogP contribution in [0.4, 0.5) is 5.95 Å². The molecule has 25 heavy (non-hydrogen) atoms. The summed E-state index contributed by atoms with van der Waals surface area (Å²) in [6, 6.07) is 4.69. The maximum atomic E-state index is 5.36. The van der Waals surface area contributed by atoms with Crippen LogP contribution in [0.15, 0.2) is 29.9 Å². The number of hydrogen-bond acceptors (Lipinski definition) is 7. The molecule has 3 rings (SSSR count). The van der Waals surface area contributed by atoms with Crippen LogP contribution in [0.2, 0.25) is 0 Å². The van der Waals surface area contributed by atoms with Crippen LogP contribution in [0.1, 0.15) is 16.5 Å². The first-order valence-corrected chi connectivity index (χ1v) is 9.16. The SMILES string of the molecule is CN(C)C(CNCc1cnc(N2CCOCC2)nc1)c1cccs1.Cl. The van der Waals surface area contributed by atoms with Crippen LogP contribution in [-0.4, -0.2) is 61.8 Å². The highest BCUT2D eigenvalue weighted by molar-refractivity contribution is 7.10. The molecule has 138 valence electrons. The molecule has 0 radical (unpaired) electrons. The van der Waals surface area contributed by atoms with Crippen molar-refractivity contribution in [3.05, 3.63) is 40.3 Å². The molecule has 1 aliphatic heterocycles. The lowest BCUT2D eigenvalue weighted by Gasteiger charge is -2.26. The number of thiophene rings is 1. The average Bonchev–Trinajstić information content (AvgIpc) is 3.14. The van der Waals surface area contributed by atoms with Crippen LogP contribution in [0.25, 0.3) is 0 Å². The lowest BCUT2D eigenvalue weighted by Crippen LogP contribution is -2.37. The Labute approximate surface area is 159 Å². The Morgan fingerprint density at radius 1 is 1.28 bits per heavy atom. The minimum absolute atomic E-state index is 0. The van der Waals surface area contributed by atoms with Gasteiger partial charge in [-0.1, -0.05) is 6.07 Å². The predicted octanol–water partition coefficient (Wildman–Crippen LogP) is 2.19. The van der Waals surface area contributed by atoms with E-state index in [-0.39, 0.29) is 12.4 Å². The molecule has 1 atom stereocenters. The summed E-state index contributed by atoms with van der Waals surface area (Å²) in [6.07, 6.45) is 3.83. The van der Waals surface area contributed by atoms with Crippen LogP contribution < -0.4 is 10.2 Å². The molecule has 1 saturated heterocycles. The monoisotopic (exact) mass is 383 g/mol. The molecule has 0 spiro atoms. The smallest absolute Gasteiger partial charge is 0.225 e. The molecule has 1 N–H and O–H groups in total. The molecule has 3 heterocycles. The molecule has 0 aliphatic carbocycles. The molecule has 0 bridgehead atoms. The van der Waals surface area contributed by atoms with Crippen LogP contribution in [0.5, 0.6) is 0 Å². The molecular weight excluding hydrogens is 358 g/mol. The number of ether oxygens (including phenoxy) is 1. The van der Waals surface area contributed by atoms with Crippen molar-refractivity contribution in [3.63, 3.8) is 0 Å². The molecule has 0 saturated carbocycles. The van der Waals surface area contributed by atoms with E-state index in [0.717, 1.165) is 50.9 Å². The fourth-order valence-corrected chi connectivity index (χ4v) is 3.66. The van der Waals surface area contributed by atoms with Crippen LogP contribution >= 0.6 is 23.7 Å². The van der Waals surface area contributed by atoms with Crippen LogP contribution in [0.3, 0.4) is 0 Å². The second-order valence-electron chi connectivity index (χ2n) is 6.12. The first-order valence-electron chi connectivity index (χ1n) is 8.28. The Kier molecular flexibility index (Phi) is 8.05. The van der Waals surface area contributed by atoms with E-state index in [4.69, 9.17) is 4.74 Å². The largest absolute Gasteiger partial charge is 0.378 e. The Morgan fingerprint density at radius 2 is 2.00 bits per heavy atom. The fourth-order valence-electron chi connectivity index (χ4n) is 2.74. The van der Waals surface area contributed by atoms with Crippen molar-refractivity contribution in [2.24, 2.45) is 0 Å². The third-order valence-corrected chi connectivity index (χ3v) is 5.12. The van der Waals surface area contributed by atoms with Crippen molar-refractivity contribution in [1.82, 2.24) is 20.2 Å². The van der Waals surface area contributed by atoms with Crippen molar-refractivity contribution in [2.75, 3.05) is 51.8 Å². The lowest BCUT2D eigenvalue weighted by molar-refractivity contribution is 0.122. The number of halogens is 1. The molecule has 1 unspecified atom stereocenters. The van der Waals surface area contributed by atoms with Crippen molar-refractivity contribution >= 4 is 29.7 Å². The van der Waals surface area contributed by atoms with Crippen molar-refractivity contribution < 1.29 is 4.74 Å². The summed E-state index contributed by atoms with van der Waals surface area (Å²) in [7, 11) is 4.23. The van der Waals surface area contributed by atoms with Crippen molar-refractivity contribution in [3.8, 4) is 0 Å². The summed E-state index contributed by atoms with van der Waals surface area (Å²) < 4.78 is 5.36. The van der Waals surface area contributed by atoms with Gasteiger partial charge in [-0.2, -0.15) is 0 Å². The van der Waals surface area contributed by atoms with Gasteiger partial charge in [0, 0.05) is 49.0 Å². The van der Waals surface area contributed by atoms with Gasteiger partial charge in [0.2, 0.25) is 5.95 Å². The second-order valence-corrected chi connectivity index (χ2v) is 7.10. The molecular formula is C17H26ClN5OS. The maximum Gasteiger partial charge on any atom is 0.225 e. The number of likely N-dealkylation sites (N-methyl/N-ethyl adjacent to an activating group) is 1. The van der Waals surface area contributed by atoms with Gasteiger partial charge < -0.3 is 19.9 Å². The summed E-state index contributed by atoms with van der Waals surface area (Å²) in [5.74, 6) is 0.798. The molecule has 0 amide bonds. The molecule has 8 heteroatoms. The first-order chi connectivity index (χ1) is 11.7. The third kappa shape index (κ3) is 5.62. The standard InChI is InChI=1S/C17H25N5OS.ClH/c1-21(2)15(16-4-3-9-24-16)13-18-10-14-11-19-17(20-12-14)22-5-7-23-8-6-22;/h3-4,9,11-12,15,18H,5-8,10,13H2,1-2H3;1H. The Morgan fingerprint density at radius 3 is 2.60 bits per heavy atom. The Bertz CT molecular complexity index is 602. The van der Waals surface area contributed by atoms with Crippen LogP contribution in [-0.2, 0) is 11.3 Å². The van der Waals surface area contributed by atoms with E-state index in [2.05, 4.69) is 56.7 Å². The molecule has 6 nitrogen and oxygen atoms in total. The van der Waals surface area contributed by atoms with E-state index in [9.17, 15) is 0 Å². The lowest BCUT2D eigenvalue weighted by atomic mass is 10.2. The highest BCUT2D eigenvalue weighted by Gasteiger charge is 2.15. The van der Waals surface area contributed by atoms with Crippen molar-refractivity contribution in [1.29, 1.82) is 0 Å². The van der Waals surface area contributed by atoms with E-state index in [1.165, 1.54) is 4.88 Å². The normalized spacial score (nSPS) is 15.9. The van der Waals surface area contributed by atoms with Gasteiger partial charge in [0.05, 0.1) is 19.3 Å². The van der Waals surface area contributed by atoms with Gasteiger partial charge in [-0.3, -0.25) is 0 Å². The molecule has 1 fully saturated rings. The number of nitrogens with zero attached hydrogens (tertiary/aromatic N) is 4. The summed E-state index contributed by atoms with van der Waals surface area (Å²) in [5.41, 5.74) is 1.11. The minimum Gasteiger partial charge on any atom is -0.378 e. The average molecular weight is 384 g/mol. The second kappa shape index (κ2) is 10.0. The number of morpholine rings is 1. The zero-order chi connectivity index (χ0) is 16.8. The molecule has 2 aromatic heterocycles. The summed E-state index contributed by atoms with van der Waals surface area (Å²) in [6.45, 7) is 4.91.